The lowest BCUT2D eigenvalue weighted by Gasteiger charge is -2.19. The number of hydrogen-bond acceptors (Lipinski definition) is 4. The number of rotatable bonds is 5. The minimum Gasteiger partial charge on any atom is -0.368 e. The van der Waals surface area contributed by atoms with Crippen LogP contribution in [0, 0.1) is 21.7 Å². The molecule has 0 aliphatic rings. The van der Waals surface area contributed by atoms with Gasteiger partial charge >= 0.3 is 5.69 Å². The molecular weight excluding hydrogens is 276 g/mol. The number of hydrogen-bond donors (Lipinski definition) is 1. The van der Waals surface area contributed by atoms with Gasteiger partial charge in [-0.1, -0.05) is 0 Å². The summed E-state index contributed by atoms with van der Waals surface area (Å²) in [6.07, 6.45) is 0. The van der Waals surface area contributed by atoms with E-state index in [4.69, 9.17) is 5.73 Å². The van der Waals surface area contributed by atoms with E-state index in [0.29, 0.717) is 12.1 Å². The van der Waals surface area contributed by atoms with Crippen LogP contribution in [0.4, 0.5) is 14.5 Å². The molecule has 0 bridgehead atoms. The highest BCUT2D eigenvalue weighted by Crippen LogP contribution is 2.23. The van der Waals surface area contributed by atoms with Gasteiger partial charge < -0.3 is 10.6 Å². The smallest absolute Gasteiger partial charge is 0.308 e. The first-order valence-electron chi connectivity index (χ1n) is 5.49. The van der Waals surface area contributed by atoms with Gasteiger partial charge in [-0.3, -0.25) is 19.7 Å². The van der Waals surface area contributed by atoms with Crippen LogP contribution in [0.25, 0.3) is 0 Å². The number of benzene rings is 1. The molecular formula is C11H11F2N3O4. The lowest BCUT2D eigenvalue weighted by molar-refractivity contribution is -0.387. The molecule has 0 saturated heterocycles. The molecule has 1 aromatic rings. The van der Waals surface area contributed by atoms with E-state index in [0.717, 1.165) is 4.90 Å². The Balaban J connectivity index is 3.28. The Hall–Kier alpha value is -2.58. The highest BCUT2D eigenvalue weighted by atomic mass is 19.1. The largest absolute Gasteiger partial charge is 0.368 e. The Morgan fingerprint density at radius 1 is 1.40 bits per heavy atom. The maximum atomic E-state index is 13.8. The minimum atomic E-state index is -1.45. The number of nitro benzene ring substituents is 1. The molecule has 20 heavy (non-hydrogen) atoms. The molecule has 0 heterocycles. The van der Waals surface area contributed by atoms with E-state index in [1.54, 1.807) is 0 Å². The molecule has 2 amide bonds. The van der Waals surface area contributed by atoms with Crippen LogP contribution in [-0.4, -0.2) is 34.7 Å². The van der Waals surface area contributed by atoms with E-state index in [-0.39, 0.29) is 6.54 Å². The summed E-state index contributed by atoms with van der Waals surface area (Å²) in [7, 11) is 0. The van der Waals surface area contributed by atoms with E-state index in [2.05, 4.69) is 0 Å². The first kappa shape index (κ1) is 15.5. The molecule has 0 fully saturated rings. The van der Waals surface area contributed by atoms with Crippen molar-refractivity contribution < 1.29 is 23.3 Å². The van der Waals surface area contributed by atoms with Crippen molar-refractivity contribution in [3.63, 3.8) is 0 Å². The third kappa shape index (κ3) is 3.25. The molecule has 0 saturated carbocycles. The fourth-order valence-electron chi connectivity index (χ4n) is 1.55. The number of nitrogens with zero attached hydrogens (tertiary/aromatic N) is 2. The topological polar surface area (TPSA) is 107 Å². The number of likely N-dealkylation sites (N-methyl/N-ethyl adjacent to an activating group) is 1. The van der Waals surface area contributed by atoms with Crippen LogP contribution >= 0.6 is 0 Å². The van der Waals surface area contributed by atoms with Crippen molar-refractivity contribution in [2.45, 2.75) is 6.92 Å². The predicted octanol–water partition coefficient (Wildman–Crippen LogP) is 0.820. The third-order valence-corrected chi connectivity index (χ3v) is 2.46. The zero-order valence-corrected chi connectivity index (χ0v) is 10.4. The predicted molar refractivity (Wildman–Crippen MR) is 63.8 cm³/mol. The first-order valence-corrected chi connectivity index (χ1v) is 5.49. The van der Waals surface area contributed by atoms with E-state index in [9.17, 15) is 28.5 Å². The molecule has 108 valence electrons. The SMILES string of the molecule is CCN(CC(N)=O)C(=O)c1cc(F)cc([N+](=O)[O-])c1F. The van der Waals surface area contributed by atoms with Gasteiger partial charge in [0.1, 0.15) is 5.82 Å². The van der Waals surface area contributed by atoms with Crippen LogP contribution in [0.1, 0.15) is 17.3 Å². The molecule has 1 aromatic carbocycles. The van der Waals surface area contributed by atoms with Crippen LogP contribution in [0.3, 0.4) is 0 Å². The summed E-state index contributed by atoms with van der Waals surface area (Å²) < 4.78 is 27.0. The van der Waals surface area contributed by atoms with Gasteiger partial charge in [0.25, 0.3) is 5.91 Å². The van der Waals surface area contributed by atoms with Crippen LogP contribution < -0.4 is 5.73 Å². The summed E-state index contributed by atoms with van der Waals surface area (Å²) in [5.41, 5.74) is 2.95. The van der Waals surface area contributed by atoms with Crippen molar-refractivity contribution in [3.8, 4) is 0 Å². The molecule has 0 aromatic heterocycles. The van der Waals surface area contributed by atoms with Crippen LogP contribution in [0.15, 0.2) is 12.1 Å². The fourth-order valence-corrected chi connectivity index (χ4v) is 1.55. The van der Waals surface area contributed by atoms with E-state index in [1.807, 2.05) is 0 Å². The number of carbonyl (C=O) groups excluding carboxylic acids is 2. The number of halogens is 2. The van der Waals surface area contributed by atoms with Gasteiger partial charge in [0.15, 0.2) is 0 Å². The highest BCUT2D eigenvalue weighted by Gasteiger charge is 2.27. The van der Waals surface area contributed by atoms with E-state index >= 15 is 0 Å². The zero-order chi connectivity index (χ0) is 15.4. The summed E-state index contributed by atoms with van der Waals surface area (Å²) in [5.74, 6) is -4.47. The Morgan fingerprint density at radius 3 is 2.45 bits per heavy atom. The van der Waals surface area contributed by atoms with E-state index < -0.39 is 46.2 Å². The van der Waals surface area contributed by atoms with Crippen molar-refractivity contribution in [2.75, 3.05) is 13.1 Å². The maximum Gasteiger partial charge on any atom is 0.308 e. The van der Waals surface area contributed by atoms with Crippen molar-refractivity contribution in [2.24, 2.45) is 5.73 Å². The number of primary amides is 1. The van der Waals surface area contributed by atoms with Gasteiger partial charge in [-0.25, -0.2) is 4.39 Å². The van der Waals surface area contributed by atoms with Gasteiger partial charge in [0.05, 0.1) is 23.1 Å². The standard InChI is InChI=1S/C11H11F2N3O4/c1-2-15(5-9(14)17)11(18)7-3-6(12)4-8(10(7)13)16(19)20/h3-4H,2,5H2,1H3,(H2,14,17). The average Bonchev–Trinajstić information content (AvgIpc) is 2.36. The molecule has 7 nitrogen and oxygen atoms in total. The number of nitro groups is 1. The third-order valence-electron chi connectivity index (χ3n) is 2.46. The van der Waals surface area contributed by atoms with Crippen molar-refractivity contribution >= 4 is 17.5 Å². The molecule has 0 aliphatic carbocycles. The number of amides is 2. The van der Waals surface area contributed by atoms with Gasteiger partial charge in [-0.2, -0.15) is 4.39 Å². The Kier molecular flexibility index (Phi) is 4.68. The second-order valence-corrected chi connectivity index (χ2v) is 3.83. The van der Waals surface area contributed by atoms with Crippen molar-refractivity contribution in [1.82, 2.24) is 4.90 Å². The van der Waals surface area contributed by atoms with E-state index in [1.165, 1.54) is 6.92 Å². The Morgan fingerprint density at radius 2 is 2.00 bits per heavy atom. The molecule has 0 spiro atoms. The number of carbonyl (C=O) groups is 2. The monoisotopic (exact) mass is 287 g/mol. The summed E-state index contributed by atoms with van der Waals surface area (Å²) in [6.45, 7) is 0.997. The molecule has 9 heteroatoms. The Bertz CT molecular complexity index is 577. The second-order valence-electron chi connectivity index (χ2n) is 3.83. The van der Waals surface area contributed by atoms with Gasteiger partial charge in [0.2, 0.25) is 11.7 Å². The van der Waals surface area contributed by atoms with Crippen LogP contribution in [0.5, 0.6) is 0 Å². The highest BCUT2D eigenvalue weighted by molar-refractivity contribution is 5.97. The maximum absolute atomic E-state index is 13.8. The molecule has 0 atom stereocenters. The summed E-state index contributed by atoms with van der Waals surface area (Å²) in [6, 6.07) is 0.908. The molecule has 0 unspecified atom stereocenters. The zero-order valence-electron chi connectivity index (χ0n) is 10.4. The minimum absolute atomic E-state index is 0.00548. The van der Waals surface area contributed by atoms with Gasteiger partial charge in [-0.05, 0) is 13.0 Å². The lowest BCUT2D eigenvalue weighted by atomic mass is 10.1. The average molecular weight is 287 g/mol. The summed E-state index contributed by atoms with van der Waals surface area (Å²) >= 11 is 0. The fraction of sp³-hybridized carbons (Fsp3) is 0.273. The summed E-state index contributed by atoms with van der Waals surface area (Å²) in [4.78, 5) is 33.0. The second kappa shape index (κ2) is 6.04. The van der Waals surface area contributed by atoms with Crippen molar-refractivity contribution in [1.29, 1.82) is 0 Å². The quantitative estimate of drug-likeness (QED) is 0.639. The molecule has 0 radical (unpaired) electrons. The Labute approximate surface area is 112 Å². The molecule has 1 rings (SSSR count). The number of nitrogens with two attached hydrogens (primary N) is 1. The molecule has 2 N–H and O–H groups in total. The van der Waals surface area contributed by atoms with Crippen molar-refractivity contribution in [3.05, 3.63) is 39.4 Å². The van der Waals surface area contributed by atoms with Crippen LogP contribution in [-0.2, 0) is 4.79 Å². The first-order chi connectivity index (χ1) is 9.27. The van der Waals surface area contributed by atoms with Gasteiger partial charge in [0, 0.05) is 6.54 Å². The molecule has 0 aliphatic heterocycles. The van der Waals surface area contributed by atoms with Gasteiger partial charge in [-0.15, -0.1) is 0 Å². The van der Waals surface area contributed by atoms with Crippen LogP contribution in [0.2, 0.25) is 0 Å². The summed E-state index contributed by atoms with van der Waals surface area (Å²) in [5, 5.41) is 10.6. The lowest BCUT2D eigenvalue weighted by Crippen LogP contribution is -2.38. The normalized spacial score (nSPS) is 10.2.